The zero-order valence-corrected chi connectivity index (χ0v) is 13.7. The van der Waals surface area contributed by atoms with E-state index in [2.05, 4.69) is 23.6 Å². The van der Waals surface area contributed by atoms with Crippen LogP contribution in [0.25, 0.3) is 0 Å². The van der Waals surface area contributed by atoms with E-state index >= 15 is 0 Å². The average molecular weight is 312 g/mol. The number of methoxy groups -OCH3 is 1. The van der Waals surface area contributed by atoms with Gasteiger partial charge in [0.1, 0.15) is 11.6 Å². The third-order valence-electron chi connectivity index (χ3n) is 4.04. The van der Waals surface area contributed by atoms with Crippen molar-refractivity contribution >= 4 is 11.8 Å². The minimum Gasteiger partial charge on any atom is -0.496 e. The summed E-state index contributed by atoms with van der Waals surface area (Å²) in [5, 5.41) is 0.720. The highest BCUT2D eigenvalue weighted by Gasteiger charge is 2.21. The highest BCUT2D eigenvalue weighted by Crippen LogP contribution is 2.29. The minimum absolute atomic E-state index is 0.275. The predicted octanol–water partition coefficient (Wildman–Crippen LogP) is 3.05. The van der Waals surface area contributed by atoms with Gasteiger partial charge >= 0.3 is 0 Å². The molecule has 2 unspecified atom stereocenters. The van der Waals surface area contributed by atoms with Crippen LogP contribution in [0.5, 0.6) is 5.75 Å². The molecule has 2 N–H and O–H groups in total. The van der Waals surface area contributed by atoms with Crippen molar-refractivity contribution in [1.82, 2.24) is 4.90 Å². The maximum Gasteiger partial charge on any atom is 0.131 e. The van der Waals surface area contributed by atoms with Gasteiger partial charge in [-0.3, -0.25) is 0 Å². The third kappa shape index (κ3) is 4.34. The Labute approximate surface area is 131 Å². The summed E-state index contributed by atoms with van der Waals surface area (Å²) in [7, 11) is 1.55. The van der Waals surface area contributed by atoms with E-state index in [1.807, 2.05) is 0 Å². The number of hydrogen-bond acceptors (Lipinski definition) is 4. The molecule has 1 aromatic carbocycles. The van der Waals surface area contributed by atoms with Gasteiger partial charge in [-0.15, -0.1) is 0 Å². The molecule has 118 valence electrons. The van der Waals surface area contributed by atoms with Gasteiger partial charge in [-0.1, -0.05) is 13.0 Å². The Morgan fingerprint density at radius 1 is 1.52 bits per heavy atom. The molecule has 0 aromatic heterocycles. The van der Waals surface area contributed by atoms with Crippen LogP contribution in [-0.2, 0) is 0 Å². The van der Waals surface area contributed by atoms with Gasteiger partial charge < -0.3 is 15.4 Å². The second-order valence-electron chi connectivity index (χ2n) is 5.45. The van der Waals surface area contributed by atoms with Crippen molar-refractivity contribution in [3.8, 4) is 5.75 Å². The molecule has 0 bridgehead atoms. The first-order valence-corrected chi connectivity index (χ1v) is 8.62. The number of benzene rings is 1. The molecular formula is C16H25FN2OS. The first kappa shape index (κ1) is 16.6. The zero-order valence-electron chi connectivity index (χ0n) is 12.8. The van der Waals surface area contributed by atoms with Crippen LogP contribution in [0.1, 0.15) is 31.4 Å². The van der Waals surface area contributed by atoms with Gasteiger partial charge in [0.05, 0.1) is 7.11 Å². The number of hydrogen-bond donors (Lipinski definition) is 1. The fourth-order valence-electron chi connectivity index (χ4n) is 2.75. The van der Waals surface area contributed by atoms with Crippen LogP contribution in [0.15, 0.2) is 18.2 Å². The topological polar surface area (TPSA) is 38.5 Å². The van der Waals surface area contributed by atoms with E-state index in [0.29, 0.717) is 11.3 Å². The Hall–Kier alpha value is -0.780. The summed E-state index contributed by atoms with van der Waals surface area (Å²) < 4.78 is 19.2. The van der Waals surface area contributed by atoms with Crippen LogP contribution in [0.2, 0.25) is 0 Å². The van der Waals surface area contributed by atoms with Gasteiger partial charge in [0, 0.05) is 42.2 Å². The molecule has 0 saturated carbocycles. The number of nitrogens with zero attached hydrogens (tertiary/aromatic N) is 1. The van der Waals surface area contributed by atoms with Crippen molar-refractivity contribution < 1.29 is 9.13 Å². The van der Waals surface area contributed by atoms with Gasteiger partial charge in [0.2, 0.25) is 0 Å². The SMILES string of the molecule is CCC1CN(CCC(N)c2c(F)cccc2OC)CCS1. The highest BCUT2D eigenvalue weighted by atomic mass is 32.2. The Morgan fingerprint density at radius 2 is 2.33 bits per heavy atom. The Bertz CT molecular complexity index is 458. The Kier molecular flexibility index (Phi) is 6.33. The molecule has 1 aliphatic rings. The van der Waals surface area contributed by atoms with Crippen molar-refractivity contribution in [2.75, 3.05) is 32.5 Å². The van der Waals surface area contributed by atoms with Crippen molar-refractivity contribution in [2.45, 2.75) is 31.1 Å². The van der Waals surface area contributed by atoms with Gasteiger partial charge in [0.15, 0.2) is 0 Å². The van der Waals surface area contributed by atoms with Gasteiger partial charge in [-0.05, 0) is 25.0 Å². The molecule has 1 saturated heterocycles. The summed E-state index contributed by atoms with van der Waals surface area (Å²) in [5.41, 5.74) is 6.70. The van der Waals surface area contributed by atoms with Gasteiger partial charge in [0.25, 0.3) is 0 Å². The molecule has 0 radical (unpaired) electrons. The van der Waals surface area contributed by atoms with Crippen LogP contribution < -0.4 is 10.5 Å². The molecular weight excluding hydrogens is 287 g/mol. The predicted molar refractivity (Wildman–Crippen MR) is 87.5 cm³/mol. The maximum absolute atomic E-state index is 14.0. The molecule has 1 heterocycles. The number of thioether (sulfide) groups is 1. The fraction of sp³-hybridized carbons (Fsp3) is 0.625. The van der Waals surface area contributed by atoms with Gasteiger partial charge in [-0.2, -0.15) is 11.8 Å². The lowest BCUT2D eigenvalue weighted by molar-refractivity contribution is 0.268. The molecule has 0 aliphatic carbocycles. The molecule has 5 heteroatoms. The smallest absolute Gasteiger partial charge is 0.131 e. The molecule has 3 nitrogen and oxygen atoms in total. The number of ether oxygens (including phenoxy) is 1. The van der Waals surface area contributed by atoms with Crippen LogP contribution >= 0.6 is 11.8 Å². The first-order chi connectivity index (χ1) is 10.2. The van der Waals surface area contributed by atoms with E-state index < -0.39 is 0 Å². The summed E-state index contributed by atoms with van der Waals surface area (Å²) in [6, 6.07) is 4.54. The molecule has 1 aliphatic heterocycles. The fourth-order valence-corrected chi connectivity index (χ4v) is 4.00. The molecule has 0 amide bonds. The lowest BCUT2D eigenvalue weighted by Gasteiger charge is -2.32. The summed E-state index contributed by atoms with van der Waals surface area (Å²) in [6.45, 7) is 5.36. The maximum atomic E-state index is 14.0. The lowest BCUT2D eigenvalue weighted by Crippen LogP contribution is -2.39. The summed E-state index contributed by atoms with van der Waals surface area (Å²) in [4.78, 5) is 2.44. The quantitative estimate of drug-likeness (QED) is 0.876. The average Bonchev–Trinajstić information content (AvgIpc) is 2.52. The van der Waals surface area contributed by atoms with E-state index in [1.54, 1.807) is 19.2 Å². The second-order valence-corrected chi connectivity index (χ2v) is 6.86. The first-order valence-electron chi connectivity index (χ1n) is 7.57. The highest BCUT2D eigenvalue weighted by molar-refractivity contribution is 8.00. The number of halogens is 1. The molecule has 2 rings (SSSR count). The monoisotopic (exact) mass is 312 g/mol. The number of nitrogens with two attached hydrogens (primary N) is 1. The summed E-state index contributed by atoms with van der Waals surface area (Å²) in [6.07, 6.45) is 1.95. The second kappa shape index (κ2) is 8.01. The third-order valence-corrected chi connectivity index (χ3v) is 5.41. The molecule has 0 spiro atoms. The zero-order chi connectivity index (χ0) is 15.2. The van der Waals surface area contributed by atoms with E-state index in [4.69, 9.17) is 10.5 Å². The van der Waals surface area contributed by atoms with Crippen LogP contribution in [0, 0.1) is 5.82 Å². The molecule has 1 fully saturated rings. The molecule has 2 atom stereocenters. The van der Waals surface area contributed by atoms with E-state index in [-0.39, 0.29) is 11.9 Å². The minimum atomic E-state index is -0.323. The van der Waals surface area contributed by atoms with Crippen molar-refractivity contribution in [3.63, 3.8) is 0 Å². The van der Waals surface area contributed by atoms with Crippen LogP contribution in [0.4, 0.5) is 4.39 Å². The van der Waals surface area contributed by atoms with E-state index in [1.165, 1.54) is 18.2 Å². The summed E-state index contributed by atoms with van der Waals surface area (Å²) in [5.74, 6) is 1.45. The van der Waals surface area contributed by atoms with Crippen LogP contribution in [-0.4, -0.2) is 42.6 Å². The van der Waals surface area contributed by atoms with Gasteiger partial charge in [-0.25, -0.2) is 4.39 Å². The standard InChI is InChI=1S/C16H25FN2OS/c1-3-12-11-19(9-10-21-12)8-7-14(18)16-13(17)5-4-6-15(16)20-2/h4-6,12,14H,3,7-11,18H2,1-2H3. The van der Waals surface area contributed by atoms with E-state index in [9.17, 15) is 4.39 Å². The molecule has 21 heavy (non-hydrogen) atoms. The van der Waals surface area contributed by atoms with Crippen molar-refractivity contribution in [3.05, 3.63) is 29.6 Å². The van der Waals surface area contributed by atoms with Crippen molar-refractivity contribution in [2.24, 2.45) is 5.73 Å². The van der Waals surface area contributed by atoms with Crippen molar-refractivity contribution in [1.29, 1.82) is 0 Å². The largest absolute Gasteiger partial charge is 0.496 e. The lowest BCUT2D eigenvalue weighted by atomic mass is 10.0. The van der Waals surface area contributed by atoms with Crippen LogP contribution in [0.3, 0.4) is 0 Å². The Morgan fingerprint density at radius 3 is 3.05 bits per heavy atom. The summed E-state index contributed by atoms with van der Waals surface area (Å²) >= 11 is 2.05. The molecule has 1 aromatic rings. The number of rotatable bonds is 6. The normalized spacial score (nSPS) is 21.2. The Balaban J connectivity index is 1.94. The van der Waals surface area contributed by atoms with E-state index in [0.717, 1.165) is 31.3 Å².